The van der Waals surface area contributed by atoms with Crippen molar-refractivity contribution >= 4 is 65.6 Å². The molecule has 14 heteroatoms. The molecule has 0 spiro atoms. The highest BCUT2D eigenvalue weighted by atomic mass is 79.9. The van der Waals surface area contributed by atoms with Gasteiger partial charge in [-0.25, -0.2) is 4.37 Å². The van der Waals surface area contributed by atoms with Crippen molar-refractivity contribution in [2.24, 2.45) is 0 Å². The average molecular weight is 629 g/mol. The van der Waals surface area contributed by atoms with Crippen molar-refractivity contribution in [3.63, 3.8) is 0 Å². The Bertz CT molecular complexity index is 970. The second-order valence-corrected chi connectivity index (χ2v) is 14.9. The molecular formula is C24H40B3BrN2O6S2. The Balaban J connectivity index is 0.000000176. The minimum Gasteiger partial charge on any atom is -0.405 e. The fourth-order valence-corrected chi connectivity index (χ4v) is 4.92. The van der Waals surface area contributed by atoms with E-state index in [-0.39, 0.29) is 40.7 Å². The Hall–Kier alpha value is -0.305. The molecule has 0 saturated carbocycles. The van der Waals surface area contributed by atoms with Crippen molar-refractivity contribution in [2.45, 2.75) is 117 Å². The van der Waals surface area contributed by atoms with E-state index in [0.717, 1.165) is 9.94 Å². The minimum atomic E-state index is -0.476. The van der Waals surface area contributed by atoms with Crippen LogP contribution in [0.2, 0.25) is 0 Å². The van der Waals surface area contributed by atoms with Crippen LogP contribution in [0, 0.1) is 0 Å². The summed E-state index contributed by atoms with van der Waals surface area (Å²) in [5, 5.41) is 3.89. The number of hydrogen-bond acceptors (Lipinski definition) is 10. The normalized spacial score (nSPS) is 25.4. The van der Waals surface area contributed by atoms with Crippen molar-refractivity contribution in [3.05, 3.63) is 27.6 Å². The summed E-state index contributed by atoms with van der Waals surface area (Å²) < 4.78 is 44.5. The van der Waals surface area contributed by atoms with Gasteiger partial charge in [0.25, 0.3) is 0 Å². The second kappa shape index (κ2) is 11.2. The van der Waals surface area contributed by atoms with E-state index in [9.17, 15) is 0 Å². The number of rotatable bonds is 2. The molecule has 0 amide bonds. The van der Waals surface area contributed by atoms with Gasteiger partial charge in [-0.1, -0.05) is 0 Å². The molecule has 8 nitrogen and oxygen atoms in total. The molecule has 3 saturated heterocycles. The Kier molecular flexibility index (Phi) is 9.47. The van der Waals surface area contributed by atoms with Gasteiger partial charge < -0.3 is 27.9 Å². The molecule has 2 aromatic heterocycles. The SMILES string of the molecule is Brc1cnsc1.CC1(C)OB(B2OC(C)(C)C(C)(C)O2)OC1(C)C.CC1(C)OB(c2cnsc2)OC1(C)C. The molecular weight excluding hydrogens is 589 g/mol. The molecule has 0 N–H and O–H groups in total. The Labute approximate surface area is 245 Å². The molecule has 0 atom stereocenters. The molecule has 3 aliphatic heterocycles. The third-order valence-electron chi connectivity index (χ3n) is 8.14. The van der Waals surface area contributed by atoms with Crippen molar-refractivity contribution < 1.29 is 27.9 Å². The molecule has 38 heavy (non-hydrogen) atoms. The zero-order valence-electron chi connectivity index (χ0n) is 24.6. The smallest absolute Gasteiger partial charge is 0.405 e. The van der Waals surface area contributed by atoms with Gasteiger partial charge in [0, 0.05) is 26.9 Å². The van der Waals surface area contributed by atoms with E-state index in [1.165, 1.54) is 23.1 Å². The molecule has 0 radical (unpaired) electrons. The van der Waals surface area contributed by atoms with E-state index in [1.54, 1.807) is 12.4 Å². The van der Waals surface area contributed by atoms with E-state index >= 15 is 0 Å². The van der Waals surface area contributed by atoms with E-state index in [1.807, 2.05) is 93.8 Å². The summed E-state index contributed by atoms with van der Waals surface area (Å²) in [6, 6.07) is 0. The van der Waals surface area contributed by atoms with Gasteiger partial charge in [0.1, 0.15) is 0 Å². The summed E-state index contributed by atoms with van der Waals surface area (Å²) in [6.07, 6.45) is 3.57. The van der Waals surface area contributed by atoms with Gasteiger partial charge in [-0.3, -0.25) is 0 Å². The number of halogens is 1. The van der Waals surface area contributed by atoms with Crippen LogP contribution in [0.25, 0.3) is 0 Å². The predicted molar refractivity (Wildman–Crippen MR) is 160 cm³/mol. The lowest BCUT2D eigenvalue weighted by Gasteiger charge is -2.32. The fraction of sp³-hybridized carbons (Fsp3) is 0.750. The van der Waals surface area contributed by atoms with Gasteiger partial charge >= 0.3 is 21.1 Å². The van der Waals surface area contributed by atoms with Crippen LogP contribution < -0.4 is 5.46 Å². The maximum absolute atomic E-state index is 5.96. The molecule has 5 rings (SSSR count). The highest BCUT2D eigenvalue weighted by molar-refractivity contribution is 9.10. The van der Waals surface area contributed by atoms with Crippen LogP contribution in [0.3, 0.4) is 0 Å². The summed E-state index contributed by atoms with van der Waals surface area (Å²) in [7, 11) is -1.22. The van der Waals surface area contributed by atoms with Gasteiger partial charge in [0.05, 0.1) is 39.8 Å². The molecule has 3 aliphatic rings. The lowest BCUT2D eigenvalue weighted by atomic mass is 9.49. The van der Waals surface area contributed by atoms with Crippen molar-refractivity contribution in [1.29, 1.82) is 0 Å². The first-order chi connectivity index (χ1) is 17.2. The zero-order chi connectivity index (χ0) is 28.8. The molecule has 0 aliphatic carbocycles. The lowest BCUT2D eigenvalue weighted by Crippen LogP contribution is -2.41. The number of nitrogens with zero attached hydrogens (tertiary/aromatic N) is 2. The molecule has 210 valence electrons. The van der Waals surface area contributed by atoms with Gasteiger partial charge in [-0.2, -0.15) is 4.37 Å². The van der Waals surface area contributed by atoms with Crippen LogP contribution in [0.15, 0.2) is 27.6 Å². The van der Waals surface area contributed by atoms with Crippen LogP contribution in [-0.2, 0) is 27.9 Å². The zero-order valence-corrected chi connectivity index (χ0v) is 27.8. The first-order valence-corrected chi connectivity index (χ1v) is 15.2. The third-order valence-corrected chi connectivity index (χ3v) is 10.1. The van der Waals surface area contributed by atoms with E-state index < -0.39 is 14.0 Å². The molecule has 0 unspecified atom stereocenters. The minimum absolute atomic E-state index is 0.264. The lowest BCUT2D eigenvalue weighted by molar-refractivity contribution is 0.00578. The van der Waals surface area contributed by atoms with Gasteiger partial charge in [0.15, 0.2) is 0 Å². The third kappa shape index (κ3) is 6.94. The summed E-state index contributed by atoms with van der Waals surface area (Å²) in [4.78, 5) is 0. The van der Waals surface area contributed by atoms with Crippen LogP contribution >= 0.6 is 39.0 Å². The van der Waals surface area contributed by atoms with Crippen LogP contribution in [-0.4, -0.2) is 63.5 Å². The monoisotopic (exact) mass is 628 g/mol. The quantitative estimate of drug-likeness (QED) is 0.398. The first kappa shape index (κ1) is 32.2. The molecule has 5 heterocycles. The summed E-state index contributed by atoms with van der Waals surface area (Å²) in [5.41, 5.74) is -0.960. The van der Waals surface area contributed by atoms with E-state index in [0.29, 0.717) is 0 Å². The Morgan fingerprint density at radius 3 is 1.16 bits per heavy atom. The summed E-state index contributed by atoms with van der Waals surface area (Å²) in [5.74, 6) is 0. The average Bonchev–Trinajstić information content (AvgIpc) is 3.53. The summed E-state index contributed by atoms with van der Waals surface area (Å²) in [6.45, 7) is 24.4. The highest BCUT2D eigenvalue weighted by Gasteiger charge is 2.63. The van der Waals surface area contributed by atoms with Crippen LogP contribution in [0.1, 0.15) is 83.1 Å². The van der Waals surface area contributed by atoms with E-state index in [2.05, 4.69) is 24.7 Å². The topological polar surface area (TPSA) is 81.2 Å². The summed E-state index contributed by atoms with van der Waals surface area (Å²) >= 11 is 6.09. The van der Waals surface area contributed by atoms with Gasteiger partial charge in [-0.05, 0) is 122 Å². The maximum atomic E-state index is 5.96. The molecule has 0 aromatic carbocycles. The first-order valence-electron chi connectivity index (χ1n) is 12.7. The van der Waals surface area contributed by atoms with Crippen LogP contribution in [0.4, 0.5) is 0 Å². The van der Waals surface area contributed by atoms with Crippen molar-refractivity contribution in [1.82, 2.24) is 8.75 Å². The van der Waals surface area contributed by atoms with Crippen LogP contribution in [0.5, 0.6) is 0 Å². The molecule has 0 bridgehead atoms. The maximum Gasteiger partial charge on any atom is 0.497 e. The molecule has 2 aromatic rings. The van der Waals surface area contributed by atoms with Gasteiger partial charge in [0.2, 0.25) is 0 Å². The number of aromatic nitrogens is 2. The highest BCUT2D eigenvalue weighted by Crippen LogP contribution is 2.43. The fourth-order valence-electron chi connectivity index (χ4n) is 3.50. The molecule has 3 fully saturated rings. The van der Waals surface area contributed by atoms with E-state index in [4.69, 9.17) is 27.9 Å². The van der Waals surface area contributed by atoms with Crippen molar-refractivity contribution in [3.8, 4) is 0 Å². The number of hydrogen-bond donors (Lipinski definition) is 0. The Morgan fingerprint density at radius 2 is 0.895 bits per heavy atom. The van der Waals surface area contributed by atoms with Crippen molar-refractivity contribution in [2.75, 3.05) is 0 Å². The second-order valence-electron chi connectivity index (χ2n) is 12.6. The predicted octanol–water partition coefficient (Wildman–Crippen LogP) is 5.60. The standard InChI is InChI=1S/C12H24B2O4.C9H14BNO2S.C3H2BrNS/c1-9(2)10(3,4)16-13(15-9)14-17-11(5,6)12(7,8)18-14;1-8(2)9(3,4)13-10(12-8)7-5-11-14-6-7;4-3-1-5-6-2-3/h1-8H3;5-6H,1-4H3;1-2H. The van der Waals surface area contributed by atoms with Gasteiger partial charge in [-0.15, -0.1) is 0 Å². The Morgan fingerprint density at radius 1 is 0.553 bits per heavy atom. The largest absolute Gasteiger partial charge is 0.497 e.